The third-order valence-electron chi connectivity index (χ3n) is 3.82. The van der Waals surface area contributed by atoms with Gasteiger partial charge in [0.25, 0.3) is 5.91 Å². The van der Waals surface area contributed by atoms with E-state index in [0.29, 0.717) is 22.6 Å². The summed E-state index contributed by atoms with van der Waals surface area (Å²) in [5, 5.41) is 3.64. The van der Waals surface area contributed by atoms with Crippen LogP contribution in [0.1, 0.15) is 43.0 Å². The van der Waals surface area contributed by atoms with E-state index in [1.54, 1.807) is 0 Å². The molecule has 1 aromatic rings. The number of hydrazine groups is 1. The molecular weight excluding hydrogens is 289 g/mol. The molecule has 0 aromatic heterocycles. The number of carbonyl (C=O) groups is 1. The van der Waals surface area contributed by atoms with Gasteiger partial charge in [0.2, 0.25) is 0 Å². The van der Waals surface area contributed by atoms with Crippen molar-refractivity contribution in [3.63, 3.8) is 0 Å². The average Bonchev–Trinajstić information content (AvgIpc) is 2.48. The number of nitrogens with one attached hydrogen (secondary N) is 3. The summed E-state index contributed by atoms with van der Waals surface area (Å²) >= 11 is 5.18. The normalized spacial score (nSPS) is 21.4. The van der Waals surface area contributed by atoms with E-state index in [1.807, 2.05) is 0 Å². The molecule has 0 unspecified atom stereocenters. The summed E-state index contributed by atoms with van der Waals surface area (Å²) in [7, 11) is 0. The van der Waals surface area contributed by atoms with E-state index in [9.17, 15) is 9.18 Å². The van der Waals surface area contributed by atoms with E-state index >= 15 is 0 Å². The Kier molecular flexibility index (Phi) is 5.50. The van der Waals surface area contributed by atoms with Crippen molar-refractivity contribution in [2.75, 3.05) is 0 Å². The van der Waals surface area contributed by atoms with Crippen molar-refractivity contribution < 1.29 is 9.18 Å². The van der Waals surface area contributed by atoms with Gasteiger partial charge in [-0.25, -0.2) is 4.39 Å². The van der Waals surface area contributed by atoms with Gasteiger partial charge >= 0.3 is 0 Å². The van der Waals surface area contributed by atoms with Crippen LogP contribution in [0.25, 0.3) is 0 Å². The number of thiocarbonyl (C=S) groups is 1. The maximum Gasteiger partial charge on any atom is 0.269 e. The van der Waals surface area contributed by atoms with Crippen molar-refractivity contribution in [2.24, 2.45) is 5.92 Å². The molecule has 1 aliphatic rings. The standard InChI is InChI=1S/C15H20FN3OS/c1-10-4-2-3-5-13(10)17-15(21)19-18-14(20)11-6-8-12(16)9-7-11/h6-10,13H,2-5H2,1H3,(H,18,20)(H2,17,19,21)/t10-,13-/m1/s1. The van der Waals surface area contributed by atoms with Gasteiger partial charge in [0.15, 0.2) is 5.11 Å². The lowest BCUT2D eigenvalue weighted by atomic mass is 9.86. The van der Waals surface area contributed by atoms with Crippen molar-refractivity contribution >= 4 is 23.2 Å². The molecule has 0 radical (unpaired) electrons. The molecule has 4 nitrogen and oxygen atoms in total. The lowest BCUT2D eigenvalue weighted by Gasteiger charge is -2.30. The SMILES string of the molecule is C[C@@H]1CCCC[C@H]1NC(=S)NNC(=O)c1ccc(F)cc1. The Morgan fingerprint density at radius 2 is 1.86 bits per heavy atom. The molecule has 0 heterocycles. The largest absolute Gasteiger partial charge is 0.358 e. The van der Waals surface area contributed by atoms with Crippen LogP contribution in [0.15, 0.2) is 24.3 Å². The molecule has 2 atom stereocenters. The third-order valence-corrected chi connectivity index (χ3v) is 4.04. The maximum atomic E-state index is 12.8. The highest BCUT2D eigenvalue weighted by atomic mass is 32.1. The molecule has 0 saturated heterocycles. The smallest absolute Gasteiger partial charge is 0.269 e. The Bertz CT molecular complexity index is 506. The first-order chi connectivity index (χ1) is 10.1. The van der Waals surface area contributed by atoms with Crippen LogP contribution in [0.3, 0.4) is 0 Å². The Balaban J connectivity index is 1.78. The topological polar surface area (TPSA) is 53.2 Å². The molecule has 0 spiro atoms. The van der Waals surface area contributed by atoms with Gasteiger partial charge in [-0.2, -0.15) is 0 Å². The molecule has 0 aliphatic heterocycles. The van der Waals surface area contributed by atoms with Crippen LogP contribution in [-0.4, -0.2) is 17.1 Å². The molecular formula is C15H20FN3OS. The summed E-state index contributed by atoms with van der Waals surface area (Å²) in [6, 6.07) is 5.68. The van der Waals surface area contributed by atoms with Gasteiger partial charge in [-0.1, -0.05) is 19.8 Å². The lowest BCUT2D eigenvalue weighted by molar-refractivity contribution is 0.0943. The number of benzene rings is 1. The van der Waals surface area contributed by atoms with Crippen LogP contribution in [0.2, 0.25) is 0 Å². The summed E-state index contributed by atoms with van der Waals surface area (Å²) in [6.07, 6.45) is 4.75. The van der Waals surface area contributed by atoms with E-state index in [-0.39, 0.29) is 11.7 Å². The highest BCUT2D eigenvalue weighted by molar-refractivity contribution is 7.80. The number of carbonyl (C=O) groups excluding carboxylic acids is 1. The number of halogens is 1. The molecule has 6 heteroatoms. The van der Waals surface area contributed by atoms with Gasteiger partial charge in [-0.3, -0.25) is 15.6 Å². The molecule has 2 rings (SSSR count). The fourth-order valence-corrected chi connectivity index (χ4v) is 2.72. The summed E-state index contributed by atoms with van der Waals surface area (Å²) in [5.74, 6) is -0.148. The van der Waals surface area contributed by atoms with E-state index in [1.165, 1.54) is 43.5 Å². The van der Waals surface area contributed by atoms with Crippen LogP contribution < -0.4 is 16.2 Å². The number of hydrogen-bond acceptors (Lipinski definition) is 2. The summed E-state index contributed by atoms with van der Waals surface area (Å²) in [4.78, 5) is 11.8. The van der Waals surface area contributed by atoms with Crippen LogP contribution in [0, 0.1) is 11.7 Å². The molecule has 1 saturated carbocycles. The fourth-order valence-electron chi connectivity index (χ4n) is 2.52. The molecule has 1 amide bonds. The maximum absolute atomic E-state index is 12.8. The van der Waals surface area contributed by atoms with E-state index in [0.717, 1.165) is 6.42 Å². The van der Waals surface area contributed by atoms with Crippen LogP contribution >= 0.6 is 12.2 Å². The molecule has 3 N–H and O–H groups in total. The quantitative estimate of drug-likeness (QED) is 0.580. The number of amides is 1. The Morgan fingerprint density at radius 1 is 1.19 bits per heavy atom. The summed E-state index contributed by atoms with van der Waals surface area (Å²) in [5.41, 5.74) is 5.57. The molecule has 1 aliphatic carbocycles. The molecule has 1 fully saturated rings. The highest BCUT2D eigenvalue weighted by Crippen LogP contribution is 2.23. The van der Waals surface area contributed by atoms with Crippen LogP contribution in [0.4, 0.5) is 4.39 Å². The van der Waals surface area contributed by atoms with Gasteiger partial charge in [0, 0.05) is 11.6 Å². The predicted octanol–water partition coefficient (Wildman–Crippen LogP) is 2.51. The van der Waals surface area contributed by atoms with E-state index in [2.05, 4.69) is 23.1 Å². The second-order valence-electron chi connectivity index (χ2n) is 5.43. The monoisotopic (exact) mass is 309 g/mol. The highest BCUT2D eigenvalue weighted by Gasteiger charge is 2.21. The first-order valence-electron chi connectivity index (χ1n) is 7.18. The van der Waals surface area contributed by atoms with E-state index in [4.69, 9.17) is 12.2 Å². The Labute approximate surface area is 129 Å². The average molecular weight is 309 g/mol. The molecule has 21 heavy (non-hydrogen) atoms. The van der Waals surface area contributed by atoms with Gasteiger partial charge in [-0.05, 0) is 55.2 Å². The zero-order chi connectivity index (χ0) is 15.2. The van der Waals surface area contributed by atoms with Crippen molar-refractivity contribution in [3.05, 3.63) is 35.6 Å². The Morgan fingerprint density at radius 3 is 2.52 bits per heavy atom. The zero-order valence-electron chi connectivity index (χ0n) is 12.0. The number of hydrogen-bond donors (Lipinski definition) is 3. The minimum absolute atomic E-state index is 0.349. The summed E-state index contributed by atoms with van der Waals surface area (Å²) < 4.78 is 12.8. The van der Waals surface area contributed by atoms with Crippen LogP contribution in [0.5, 0.6) is 0 Å². The first-order valence-corrected chi connectivity index (χ1v) is 7.59. The summed E-state index contributed by atoms with van der Waals surface area (Å²) in [6.45, 7) is 2.20. The molecule has 1 aromatic carbocycles. The third kappa shape index (κ3) is 4.67. The molecule has 114 valence electrons. The second-order valence-corrected chi connectivity index (χ2v) is 5.84. The minimum Gasteiger partial charge on any atom is -0.358 e. The van der Waals surface area contributed by atoms with E-state index < -0.39 is 0 Å². The van der Waals surface area contributed by atoms with Gasteiger partial charge in [-0.15, -0.1) is 0 Å². The fraction of sp³-hybridized carbons (Fsp3) is 0.467. The zero-order valence-corrected chi connectivity index (χ0v) is 12.8. The first kappa shape index (κ1) is 15.7. The Hall–Kier alpha value is -1.69. The van der Waals surface area contributed by atoms with Crippen molar-refractivity contribution in [1.82, 2.24) is 16.2 Å². The number of rotatable bonds is 2. The van der Waals surface area contributed by atoms with Crippen LogP contribution in [-0.2, 0) is 0 Å². The van der Waals surface area contributed by atoms with Crippen molar-refractivity contribution in [2.45, 2.75) is 38.6 Å². The predicted molar refractivity (Wildman–Crippen MR) is 84.2 cm³/mol. The van der Waals surface area contributed by atoms with Gasteiger partial charge < -0.3 is 5.32 Å². The van der Waals surface area contributed by atoms with Gasteiger partial charge in [0.05, 0.1) is 0 Å². The molecule has 0 bridgehead atoms. The van der Waals surface area contributed by atoms with Crippen molar-refractivity contribution in [3.8, 4) is 0 Å². The minimum atomic E-state index is -0.372. The van der Waals surface area contributed by atoms with Gasteiger partial charge in [0.1, 0.15) is 5.82 Å². The lowest BCUT2D eigenvalue weighted by Crippen LogP contribution is -2.51. The second kappa shape index (κ2) is 7.36. The van der Waals surface area contributed by atoms with Crippen molar-refractivity contribution in [1.29, 1.82) is 0 Å².